The minimum Gasteiger partial charge on any atom is -0.493 e. The number of carbonyl (C=O) groups is 3. The Morgan fingerprint density at radius 3 is 2.32 bits per heavy atom. The number of carboxylic acids is 1. The largest absolute Gasteiger partial charge is 0.493 e. The van der Waals surface area contributed by atoms with Crippen LogP contribution in [-0.2, 0) is 23.2 Å². The number of carbonyl (C=O) groups excluding carboxylic acids is 2. The Bertz CT molecular complexity index is 1550. The number of benzene rings is 3. The van der Waals surface area contributed by atoms with Gasteiger partial charge in [0.25, 0.3) is 5.91 Å². The van der Waals surface area contributed by atoms with Gasteiger partial charge in [-0.1, -0.05) is 36.4 Å². The summed E-state index contributed by atoms with van der Waals surface area (Å²) in [4.78, 5) is 41.1. The highest BCUT2D eigenvalue weighted by Crippen LogP contribution is 2.43. The molecule has 0 aliphatic rings. The molecule has 2 amide bonds. The summed E-state index contributed by atoms with van der Waals surface area (Å²) >= 11 is 0. The number of alkyl carbamates (subject to hydrolysis) is 1. The van der Waals surface area contributed by atoms with Crippen LogP contribution in [-0.4, -0.2) is 59.4 Å². The van der Waals surface area contributed by atoms with Crippen molar-refractivity contribution in [3.8, 4) is 23.0 Å². The third-order valence-electron chi connectivity index (χ3n) is 6.11. The highest BCUT2D eigenvalue weighted by atomic mass is 16.6. The number of aliphatic carboxylic acids is 1. The summed E-state index contributed by atoms with van der Waals surface area (Å²) in [5.41, 5.74) is 8.06. The smallest absolute Gasteiger partial charge is 0.408 e. The molecular formula is C28H29N5O8. The molecule has 5 N–H and O–H groups in total. The number of imidazole rings is 1. The second kappa shape index (κ2) is 12.6. The number of aromatic nitrogens is 2. The van der Waals surface area contributed by atoms with E-state index < -0.39 is 30.6 Å². The predicted molar refractivity (Wildman–Crippen MR) is 148 cm³/mol. The Balaban J connectivity index is 1.46. The third-order valence-corrected chi connectivity index (χ3v) is 6.11. The number of hydrogen-bond donors (Lipinski definition) is 4. The molecule has 4 rings (SSSR count). The minimum atomic E-state index is -1.44. The summed E-state index contributed by atoms with van der Waals surface area (Å²) in [6.07, 6.45) is -0.940. The monoisotopic (exact) mass is 563 g/mol. The van der Waals surface area contributed by atoms with Crippen molar-refractivity contribution in [2.45, 2.75) is 12.6 Å². The SMILES string of the molecule is COc1cc(C(=O)NC[C@@H](NC(=O)OCc2ccccc2)C(=O)O)cc(OC)c1Oc1cccc2c1nc(N)n2C. The fourth-order valence-corrected chi connectivity index (χ4v) is 3.91. The van der Waals surface area contributed by atoms with E-state index in [-0.39, 0.29) is 29.4 Å². The van der Waals surface area contributed by atoms with Gasteiger partial charge in [-0.05, 0) is 29.8 Å². The van der Waals surface area contributed by atoms with Crippen LogP contribution in [0, 0.1) is 0 Å². The van der Waals surface area contributed by atoms with Gasteiger partial charge in [-0.15, -0.1) is 0 Å². The number of nitrogens with two attached hydrogens (primary N) is 1. The van der Waals surface area contributed by atoms with Crippen LogP contribution in [0.15, 0.2) is 60.7 Å². The minimum absolute atomic E-state index is 0.0401. The number of amides is 2. The first-order chi connectivity index (χ1) is 19.7. The van der Waals surface area contributed by atoms with E-state index in [1.165, 1.54) is 26.4 Å². The van der Waals surface area contributed by atoms with E-state index in [1.54, 1.807) is 48.0 Å². The second-order valence-corrected chi connectivity index (χ2v) is 8.77. The number of ether oxygens (including phenoxy) is 4. The maximum Gasteiger partial charge on any atom is 0.408 e. The average Bonchev–Trinajstić information content (AvgIpc) is 3.28. The van der Waals surface area contributed by atoms with E-state index in [9.17, 15) is 19.5 Å². The Kier molecular flexibility index (Phi) is 8.77. The van der Waals surface area contributed by atoms with Crippen LogP contribution in [0.2, 0.25) is 0 Å². The van der Waals surface area contributed by atoms with E-state index in [2.05, 4.69) is 15.6 Å². The molecule has 3 aromatic carbocycles. The van der Waals surface area contributed by atoms with Crippen molar-refractivity contribution in [1.82, 2.24) is 20.2 Å². The van der Waals surface area contributed by atoms with E-state index >= 15 is 0 Å². The summed E-state index contributed by atoms with van der Waals surface area (Å²) in [5.74, 6) is -0.766. The Labute approximate surface area is 234 Å². The first-order valence-corrected chi connectivity index (χ1v) is 12.3. The Morgan fingerprint density at radius 2 is 1.68 bits per heavy atom. The van der Waals surface area contributed by atoms with Gasteiger partial charge in [-0.3, -0.25) is 4.79 Å². The predicted octanol–water partition coefficient (Wildman–Crippen LogP) is 3.07. The number of rotatable bonds is 11. The molecule has 0 aliphatic heterocycles. The van der Waals surface area contributed by atoms with Crippen LogP contribution >= 0.6 is 0 Å². The lowest BCUT2D eigenvalue weighted by atomic mass is 10.1. The molecule has 13 heteroatoms. The normalized spacial score (nSPS) is 11.4. The molecular weight excluding hydrogens is 534 g/mol. The van der Waals surface area contributed by atoms with Crippen molar-refractivity contribution in [2.75, 3.05) is 26.5 Å². The van der Waals surface area contributed by atoms with Gasteiger partial charge in [0, 0.05) is 19.2 Å². The van der Waals surface area contributed by atoms with Gasteiger partial charge in [-0.25, -0.2) is 14.6 Å². The number of aryl methyl sites for hydroxylation is 1. The fourth-order valence-electron chi connectivity index (χ4n) is 3.91. The van der Waals surface area contributed by atoms with Crippen molar-refractivity contribution < 1.29 is 38.4 Å². The van der Waals surface area contributed by atoms with Crippen molar-refractivity contribution >= 4 is 35.0 Å². The number of carboxylic acid groups (broad SMARTS) is 1. The van der Waals surface area contributed by atoms with E-state index in [1.807, 2.05) is 12.1 Å². The number of para-hydroxylation sites is 1. The van der Waals surface area contributed by atoms with E-state index in [4.69, 9.17) is 24.7 Å². The summed E-state index contributed by atoms with van der Waals surface area (Å²) in [6, 6.07) is 15.6. The zero-order valence-electron chi connectivity index (χ0n) is 22.5. The summed E-state index contributed by atoms with van der Waals surface area (Å²) in [6.45, 7) is -0.456. The zero-order chi connectivity index (χ0) is 29.5. The third kappa shape index (κ3) is 6.58. The lowest BCUT2D eigenvalue weighted by molar-refractivity contribution is -0.139. The van der Waals surface area contributed by atoms with Crippen LogP contribution in [0.5, 0.6) is 23.0 Å². The molecule has 0 bridgehead atoms. The molecule has 1 heterocycles. The number of nitrogen functional groups attached to an aromatic ring is 1. The molecule has 0 radical (unpaired) electrons. The molecule has 41 heavy (non-hydrogen) atoms. The van der Waals surface area contributed by atoms with Crippen molar-refractivity contribution in [2.24, 2.45) is 7.05 Å². The number of methoxy groups -OCH3 is 2. The summed E-state index contributed by atoms with van der Waals surface area (Å²) in [5, 5.41) is 14.3. The van der Waals surface area contributed by atoms with Crippen LogP contribution in [0.4, 0.5) is 10.7 Å². The molecule has 4 aromatic rings. The molecule has 13 nitrogen and oxygen atoms in total. The van der Waals surface area contributed by atoms with Gasteiger partial charge in [0.1, 0.15) is 18.2 Å². The molecule has 0 saturated heterocycles. The maximum atomic E-state index is 13.0. The summed E-state index contributed by atoms with van der Waals surface area (Å²) in [7, 11) is 4.57. The van der Waals surface area contributed by atoms with Gasteiger partial charge >= 0.3 is 12.1 Å². The molecule has 0 aliphatic carbocycles. The standard InChI is InChI=1S/C28H29N5O8/c1-33-19-10-7-11-20(23(19)32-27(33)29)41-24-21(38-2)12-17(13-22(24)39-3)25(34)30-14-18(26(35)36)31-28(37)40-15-16-8-5-4-6-9-16/h4-13,18H,14-15H2,1-3H3,(H2,29,32)(H,30,34)(H,31,37)(H,35,36)/t18-/m1/s1. The fraction of sp³-hybridized carbons (Fsp3) is 0.214. The van der Waals surface area contributed by atoms with Crippen LogP contribution in [0.1, 0.15) is 15.9 Å². The van der Waals surface area contributed by atoms with Crippen LogP contribution < -0.4 is 30.6 Å². The van der Waals surface area contributed by atoms with E-state index in [0.717, 1.165) is 11.1 Å². The lowest BCUT2D eigenvalue weighted by Crippen LogP contribution is -2.48. The topological polar surface area (TPSA) is 176 Å². The van der Waals surface area contributed by atoms with Crippen molar-refractivity contribution in [1.29, 1.82) is 0 Å². The van der Waals surface area contributed by atoms with Crippen molar-refractivity contribution in [3.05, 3.63) is 71.8 Å². The van der Waals surface area contributed by atoms with Gasteiger partial charge in [0.2, 0.25) is 11.7 Å². The van der Waals surface area contributed by atoms with Gasteiger partial charge < -0.3 is 45.0 Å². The highest BCUT2D eigenvalue weighted by molar-refractivity contribution is 5.96. The zero-order valence-corrected chi connectivity index (χ0v) is 22.5. The number of anilines is 1. The molecule has 0 fully saturated rings. The highest BCUT2D eigenvalue weighted by Gasteiger charge is 2.24. The molecule has 214 valence electrons. The quantitative estimate of drug-likeness (QED) is 0.212. The average molecular weight is 564 g/mol. The molecule has 0 spiro atoms. The first-order valence-electron chi connectivity index (χ1n) is 12.3. The van der Waals surface area contributed by atoms with Gasteiger partial charge in [-0.2, -0.15) is 0 Å². The molecule has 0 unspecified atom stereocenters. The van der Waals surface area contributed by atoms with Gasteiger partial charge in [0.05, 0.1) is 19.7 Å². The van der Waals surface area contributed by atoms with E-state index in [0.29, 0.717) is 17.2 Å². The number of hydrogen-bond acceptors (Lipinski definition) is 9. The van der Waals surface area contributed by atoms with Crippen LogP contribution in [0.3, 0.4) is 0 Å². The Hall–Kier alpha value is -5.46. The first kappa shape index (κ1) is 28.5. The lowest BCUT2D eigenvalue weighted by Gasteiger charge is -2.17. The molecule has 1 aromatic heterocycles. The Morgan fingerprint density at radius 1 is 1.00 bits per heavy atom. The van der Waals surface area contributed by atoms with Crippen molar-refractivity contribution in [3.63, 3.8) is 0 Å². The molecule has 0 saturated carbocycles. The molecule has 1 atom stereocenters. The number of nitrogens with one attached hydrogen (secondary N) is 2. The maximum absolute atomic E-state index is 13.0. The van der Waals surface area contributed by atoms with Gasteiger partial charge in [0.15, 0.2) is 17.2 Å². The second-order valence-electron chi connectivity index (χ2n) is 8.77. The summed E-state index contributed by atoms with van der Waals surface area (Å²) < 4.78 is 23.8. The van der Waals surface area contributed by atoms with Crippen LogP contribution in [0.25, 0.3) is 11.0 Å². The number of nitrogens with zero attached hydrogens (tertiary/aromatic N) is 2. The number of fused-ring (bicyclic) bond motifs is 1.